The molecule has 3 aromatic rings. The number of hydrogen-bond acceptors (Lipinski definition) is 4. The zero-order valence-electron chi connectivity index (χ0n) is 15.7. The number of benzene rings is 2. The fraction of sp³-hybridized carbons (Fsp3) is 0.227. The van der Waals surface area contributed by atoms with Gasteiger partial charge in [0.05, 0.1) is 13.2 Å². The molecule has 0 bridgehead atoms. The van der Waals surface area contributed by atoms with Gasteiger partial charge < -0.3 is 19.2 Å². The number of hydrogen-bond donors (Lipinski definition) is 1. The van der Waals surface area contributed by atoms with E-state index in [-0.39, 0.29) is 18.6 Å². The second kappa shape index (κ2) is 8.45. The fourth-order valence-corrected chi connectivity index (χ4v) is 2.81. The standard InChI is InChI=1S/C22H23NO4/c1-4-7-16-10-11-19(21(12-16)25-3)26-14-22(24)23-15(2)20-13-17-8-5-6-9-18(17)27-20/h4-13,15H,14H2,1-3H3,(H,23,24). The Bertz CT molecular complexity index is 925. The summed E-state index contributed by atoms with van der Waals surface area (Å²) in [4.78, 5) is 12.3. The Balaban J connectivity index is 1.60. The van der Waals surface area contributed by atoms with Crippen molar-refractivity contribution in [1.82, 2.24) is 5.32 Å². The lowest BCUT2D eigenvalue weighted by atomic mass is 10.2. The van der Waals surface area contributed by atoms with Gasteiger partial charge in [0, 0.05) is 5.39 Å². The minimum absolute atomic E-state index is 0.107. The molecule has 5 nitrogen and oxygen atoms in total. The normalized spacial score (nSPS) is 12.3. The lowest BCUT2D eigenvalue weighted by Gasteiger charge is -2.14. The molecule has 1 atom stereocenters. The summed E-state index contributed by atoms with van der Waals surface area (Å²) in [7, 11) is 1.57. The van der Waals surface area contributed by atoms with Gasteiger partial charge in [-0.1, -0.05) is 36.4 Å². The molecule has 5 heteroatoms. The predicted molar refractivity (Wildman–Crippen MR) is 106 cm³/mol. The maximum atomic E-state index is 12.3. The fourth-order valence-electron chi connectivity index (χ4n) is 2.81. The van der Waals surface area contributed by atoms with E-state index >= 15 is 0 Å². The van der Waals surface area contributed by atoms with Crippen LogP contribution in [0.15, 0.2) is 59.0 Å². The lowest BCUT2D eigenvalue weighted by molar-refractivity contribution is -0.123. The molecule has 0 fully saturated rings. The summed E-state index contributed by atoms with van der Waals surface area (Å²) >= 11 is 0. The first kappa shape index (κ1) is 18.6. The Morgan fingerprint density at radius 2 is 2.00 bits per heavy atom. The van der Waals surface area contributed by atoms with Crippen molar-refractivity contribution in [3.63, 3.8) is 0 Å². The molecule has 0 saturated carbocycles. The average Bonchev–Trinajstić information content (AvgIpc) is 3.11. The van der Waals surface area contributed by atoms with E-state index < -0.39 is 0 Å². The molecule has 0 aliphatic carbocycles. The van der Waals surface area contributed by atoms with E-state index in [0.29, 0.717) is 17.3 Å². The van der Waals surface area contributed by atoms with Crippen LogP contribution < -0.4 is 14.8 Å². The number of rotatable bonds is 7. The van der Waals surface area contributed by atoms with E-state index in [0.717, 1.165) is 16.5 Å². The smallest absolute Gasteiger partial charge is 0.258 e. The number of fused-ring (bicyclic) bond motifs is 1. The number of methoxy groups -OCH3 is 1. The van der Waals surface area contributed by atoms with Crippen LogP contribution in [0.2, 0.25) is 0 Å². The van der Waals surface area contributed by atoms with Crippen molar-refractivity contribution >= 4 is 23.0 Å². The Morgan fingerprint density at radius 3 is 2.74 bits per heavy atom. The minimum Gasteiger partial charge on any atom is -0.493 e. The molecule has 140 valence electrons. The third kappa shape index (κ3) is 4.50. The summed E-state index contributed by atoms with van der Waals surface area (Å²) in [6.45, 7) is 3.72. The second-order valence-electron chi connectivity index (χ2n) is 6.17. The van der Waals surface area contributed by atoms with E-state index in [1.807, 2.05) is 68.5 Å². The minimum atomic E-state index is -0.257. The molecular formula is C22H23NO4. The van der Waals surface area contributed by atoms with Crippen LogP contribution in [0.1, 0.15) is 31.2 Å². The number of amides is 1. The van der Waals surface area contributed by atoms with Crippen molar-refractivity contribution in [1.29, 1.82) is 0 Å². The van der Waals surface area contributed by atoms with Crippen molar-refractivity contribution in [3.05, 3.63) is 65.9 Å². The number of ether oxygens (including phenoxy) is 2. The van der Waals surface area contributed by atoms with Crippen LogP contribution in [-0.2, 0) is 4.79 Å². The van der Waals surface area contributed by atoms with Gasteiger partial charge in [0.2, 0.25) is 0 Å². The summed E-state index contributed by atoms with van der Waals surface area (Å²) in [5.74, 6) is 1.58. The molecular weight excluding hydrogens is 342 g/mol. The molecule has 27 heavy (non-hydrogen) atoms. The summed E-state index contributed by atoms with van der Waals surface area (Å²) < 4.78 is 16.8. The molecule has 2 aromatic carbocycles. The van der Waals surface area contributed by atoms with Gasteiger partial charge in [-0.15, -0.1) is 0 Å². The number of carbonyl (C=O) groups is 1. The highest BCUT2D eigenvalue weighted by molar-refractivity contribution is 5.80. The quantitative estimate of drug-likeness (QED) is 0.657. The molecule has 1 unspecified atom stereocenters. The van der Waals surface area contributed by atoms with Crippen LogP contribution in [0.4, 0.5) is 0 Å². The molecule has 0 aliphatic rings. The first-order valence-corrected chi connectivity index (χ1v) is 8.82. The van der Waals surface area contributed by atoms with Crippen molar-refractivity contribution in [2.24, 2.45) is 0 Å². The molecule has 3 rings (SSSR count). The van der Waals surface area contributed by atoms with Crippen molar-refractivity contribution < 1.29 is 18.7 Å². The zero-order chi connectivity index (χ0) is 19.2. The van der Waals surface area contributed by atoms with Gasteiger partial charge in [0.1, 0.15) is 11.3 Å². The van der Waals surface area contributed by atoms with Gasteiger partial charge >= 0.3 is 0 Å². The van der Waals surface area contributed by atoms with Crippen molar-refractivity contribution in [2.75, 3.05) is 13.7 Å². The van der Waals surface area contributed by atoms with Crippen LogP contribution in [0.3, 0.4) is 0 Å². The highest BCUT2D eigenvalue weighted by Gasteiger charge is 2.15. The molecule has 0 radical (unpaired) electrons. The number of allylic oxidation sites excluding steroid dienone is 1. The Morgan fingerprint density at radius 1 is 1.19 bits per heavy atom. The molecule has 1 amide bonds. The van der Waals surface area contributed by atoms with Gasteiger partial charge in [-0.25, -0.2) is 0 Å². The molecule has 1 N–H and O–H groups in total. The van der Waals surface area contributed by atoms with Gasteiger partial charge in [0.15, 0.2) is 18.1 Å². The number of para-hydroxylation sites is 1. The van der Waals surface area contributed by atoms with Crippen LogP contribution in [-0.4, -0.2) is 19.6 Å². The van der Waals surface area contributed by atoms with Gasteiger partial charge in [-0.3, -0.25) is 4.79 Å². The van der Waals surface area contributed by atoms with Gasteiger partial charge in [0.25, 0.3) is 5.91 Å². The zero-order valence-corrected chi connectivity index (χ0v) is 15.7. The molecule has 1 heterocycles. The topological polar surface area (TPSA) is 60.7 Å². The molecule has 0 spiro atoms. The Hall–Kier alpha value is -3.21. The SMILES string of the molecule is CC=Cc1ccc(OCC(=O)NC(C)c2cc3ccccc3o2)c(OC)c1. The van der Waals surface area contributed by atoms with Crippen LogP contribution >= 0.6 is 0 Å². The Labute approximate surface area is 158 Å². The lowest BCUT2D eigenvalue weighted by Crippen LogP contribution is -2.31. The predicted octanol–water partition coefficient (Wildman–Crippen LogP) is 4.73. The van der Waals surface area contributed by atoms with E-state index in [1.165, 1.54) is 0 Å². The number of nitrogens with one attached hydrogen (secondary N) is 1. The van der Waals surface area contributed by atoms with E-state index in [2.05, 4.69) is 5.32 Å². The van der Waals surface area contributed by atoms with E-state index in [4.69, 9.17) is 13.9 Å². The average molecular weight is 365 g/mol. The second-order valence-corrected chi connectivity index (χ2v) is 6.17. The maximum Gasteiger partial charge on any atom is 0.258 e. The molecule has 1 aromatic heterocycles. The molecule has 0 aliphatic heterocycles. The van der Waals surface area contributed by atoms with Crippen molar-refractivity contribution in [2.45, 2.75) is 19.9 Å². The third-order valence-electron chi connectivity index (χ3n) is 4.15. The third-order valence-corrected chi connectivity index (χ3v) is 4.15. The molecule has 0 saturated heterocycles. The van der Waals surface area contributed by atoms with E-state index in [1.54, 1.807) is 13.2 Å². The van der Waals surface area contributed by atoms with Crippen molar-refractivity contribution in [3.8, 4) is 11.5 Å². The van der Waals surface area contributed by atoms with Crippen LogP contribution in [0.25, 0.3) is 17.0 Å². The van der Waals surface area contributed by atoms with Crippen LogP contribution in [0, 0.1) is 0 Å². The number of furan rings is 1. The van der Waals surface area contributed by atoms with Gasteiger partial charge in [-0.2, -0.15) is 0 Å². The highest BCUT2D eigenvalue weighted by Crippen LogP contribution is 2.28. The maximum absolute atomic E-state index is 12.3. The first-order chi connectivity index (χ1) is 13.1. The van der Waals surface area contributed by atoms with E-state index in [9.17, 15) is 4.79 Å². The monoisotopic (exact) mass is 365 g/mol. The van der Waals surface area contributed by atoms with Gasteiger partial charge in [-0.05, 0) is 43.7 Å². The summed E-state index contributed by atoms with van der Waals surface area (Å²) in [5.41, 5.74) is 1.81. The number of carbonyl (C=O) groups excluding carboxylic acids is 1. The van der Waals surface area contributed by atoms with Crippen LogP contribution in [0.5, 0.6) is 11.5 Å². The first-order valence-electron chi connectivity index (χ1n) is 8.82. The summed E-state index contributed by atoms with van der Waals surface area (Å²) in [6, 6.07) is 15.0. The largest absolute Gasteiger partial charge is 0.493 e. The summed E-state index contributed by atoms with van der Waals surface area (Å²) in [6.07, 6.45) is 3.91. The highest BCUT2D eigenvalue weighted by atomic mass is 16.5. The summed E-state index contributed by atoms with van der Waals surface area (Å²) in [5, 5.41) is 3.90. The Kier molecular flexibility index (Phi) is 5.81.